The van der Waals surface area contributed by atoms with Crippen LogP contribution in [-0.2, 0) is 0 Å². The number of halogens is 1. The van der Waals surface area contributed by atoms with E-state index in [0.717, 1.165) is 31.6 Å². The van der Waals surface area contributed by atoms with Crippen molar-refractivity contribution in [2.75, 3.05) is 23.7 Å². The number of nitrogens with zero attached hydrogens (tertiary/aromatic N) is 2. The second-order valence-electron chi connectivity index (χ2n) is 7.28. The van der Waals surface area contributed by atoms with Crippen LogP contribution in [0.3, 0.4) is 0 Å². The zero-order valence-corrected chi connectivity index (χ0v) is 17.5. The second-order valence-corrected chi connectivity index (χ2v) is 7.69. The second kappa shape index (κ2) is 9.63. The standard InChI is InChI=1S/C22H23ClN6O2/c23-19-6-1-2-7-20(19)28-22(31)27-17-13-25-29(14-17)18-5-3-4-15(12-18)21(30)26-16-8-10-24-11-9-16/h1-7,12-14,16,24H,8-11H2,(H,26,30)(H2,27,28,31). The Bertz CT molecular complexity index is 1080. The van der Waals surface area contributed by atoms with Crippen LogP contribution in [0.2, 0.25) is 5.02 Å². The molecular weight excluding hydrogens is 416 g/mol. The van der Waals surface area contributed by atoms with Gasteiger partial charge in [0.25, 0.3) is 5.91 Å². The van der Waals surface area contributed by atoms with E-state index in [1.807, 2.05) is 12.1 Å². The van der Waals surface area contributed by atoms with Crippen LogP contribution in [0.5, 0.6) is 0 Å². The molecule has 4 rings (SSSR count). The fraction of sp³-hybridized carbons (Fsp3) is 0.227. The maximum atomic E-state index is 12.6. The summed E-state index contributed by atoms with van der Waals surface area (Å²) >= 11 is 6.06. The molecule has 0 atom stereocenters. The highest BCUT2D eigenvalue weighted by atomic mass is 35.5. The normalized spacial score (nSPS) is 14.1. The van der Waals surface area contributed by atoms with Crippen molar-refractivity contribution in [3.05, 3.63) is 71.5 Å². The number of anilines is 2. The molecule has 160 valence electrons. The summed E-state index contributed by atoms with van der Waals surface area (Å²) in [6.45, 7) is 1.83. The van der Waals surface area contributed by atoms with Crippen LogP contribution >= 0.6 is 11.6 Å². The van der Waals surface area contributed by atoms with Crippen LogP contribution in [0.25, 0.3) is 5.69 Å². The third kappa shape index (κ3) is 5.42. The molecule has 0 bridgehead atoms. The van der Waals surface area contributed by atoms with Crippen LogP contribution in [-0.4, -0.2) is 40.9 Å². The van der Waals surface area contributed by atoms with E-state index < -0.39 is 6.03 Å². The van der Waals surface area contributed by atoms with Crippen LogP contribution in [0.4, 0.5) is 16.2 Å². The summed E-state index contributed by atoms with van der Waals surface area (Å²) < 4.78 is 1.60. The molecule has 0 spiro atoms. The fourth-order valence-corrected chi connectivity index (χ4v) is 3.58. The number of hydrogen-bond acceptors (Lipinski definition) is 4. The van der Waals surface area contributed by atoms with Gasteiger partial charge in [0.05, 0.1) is 34.5 Å². The van der Waals surface area contributed by atoms with Crippen LogP contribution in [0, 0.1) is 0 Å². The minimum Gasteiger partial charge on any atom is -0.349 e. The van der Waals surface area contributed by atoms with Crippen molar-refractivity contribution in [2.45, 2.75) is 18.9 Å². The van der Waals surface area contributed by atoms with Crippen LogP contribution in [0.1, 0.15) is 23.2 Å². The van der Waals surface area contributed by atoms with Crippen molar-refractivity contribution >= 4 is 34.9 Å². The van der Waals surface area contributed by atoms with E-state index in [1.165, 1.54) is 6.20 Å². The maximum absolute atomic E-state index is 12.6. The van der Waals surface area contributed by atoms with E-state index in [-0.39, 0.29) is 11.9 Å². The summed E-state index contributed by atoms with van der Waals surface area (Å²) in [4.78, 5) is 24.8. The maximum Gasteiger partial charge on any atom is 0.323 e. The molecule has 3 aromatic rings. The molecule has 2 heterocycles. The molecule has 1 aromatic heterocycles. The molecule has 1 fully saturated rings. The van der Waals surface area contributed by atoms with Gasteiger partial charge in [0, 0.05) is 11.6 Å². The molecule has 1 saturated heterocycles. The number of carbonyl (C=O) groups excluding carboxylic acids is 2. The highest BCUT2D eigenvalue weighted by molar-refractivity contribution is 6.33. The Labute approximate surface area is 185 Å². The first-order valence-corrected chi connectivity index (χ1v) is 10.5. The monoisotopic (exact) mass is 438 g/mol. The van der Waals surface area contributed by atoms with E-state index in [1.54, 1.807) is 47.3 Å². The van der Waals surface area contributed by atoms with Crippen molar-refractivity contribution in [3.8, 4) is 5.69 Å². The number of carbonyl (C=O) groups is 2. The molecule has 1 aliphatic rings. The number of amides is 3. The molecule has 0 radical (unpaired) electrons. The van der Waals surface area contributed by atoms with Crippen LogP contribution in [0.15, 0.2) is 60.9 Å². The van der Waals surface area contributed by atoms with Gasteiger partial charge in [0.15, 0.2) is 0 Å². The lowest BCUT2D eigenvalue weighted by Crippen LogP contribution is -2.42. The minimum absolute atomic E-state index is 0.0987. The largest absolute Gasteiger partial charge is 0.349 e. The lowest BCUT2D eigenvalue weighted by Gasteiger charge is -2.23. The molecule has 3 amide bonds. The topological polar surface area (TPSA) is 100 Å². The Kier molecular flexibility index (Phi) is 6.49. The average molecular weight is 439 g/mol. The number of hydrogen-bond donors (Lipinski definition) is 4. The summed E-state index contributed by atoms with van der Waals surface area (Å²) in [6.07, 6.45) is 5.07. The van der Waals surface area contributed by atoms with Crippen molar-refractivity contribution in [1.82, 2.24) is 20.4 Å². The predicted molar refractivity (Wildman–Crippen MR) is 121 cm³/mol. The van der Waals surface area contributed by atoms with Crippen molar-refractivity contribution in [3.63, 3.8) is 0 Å². The number of piperidine rings is 1. The third-order valence-electron chi connectivity index (χ3n) is 5.01. The average Bonchev–Trinajstić information content (AvgIpc) is 3.24. The highest BCUT2D eigenvalue weighted by Gasteiger charge is 2.17. The van der Waals surface area contributed by atoms with E-state index in [4.69, 9.17) is 11.6 Å². The minimum atomic E-state index is -0.428. The first kappa shape index (κ1) is 20.9. The van der Waals surface area contributed by atoms with Crippen molar-refractivity contribution in [1.29, 1.82) is 0 Å². The number of aromatic nitrogens is 2. The summed E-state index contributed by atoms with van der Waals surface area (Å²) in [5.41, 5.74) is 2.31. The molecular formula is C22H23ClN6O2. The highest BCUT2D eigenvalue weighted by Crippen LogP contribution is 2.21. The van der Waals surface area contributed by atoms with Gasteiger partial charge in [-0.15, -0.1) is 0 Å². The molecule has 0 aliphatic carbocycles. The number of para-hydroxylation sites is 1. The van der Waals surface area contributed by atoms with Gasteiger partial charge in [-0.2, -0.15) is 5.10 Å². The smallest absolute Gasteiger partial charge is 0.323 e. The van der Waals surface area contributed by atoms with Gasteiger partial charge < -0.3 is 21.3 Å². The zero-order valence-electron chi connectivity index (χ0n) is 16.8. The van der Waals surface area contributed by atoms with E-state index in [2.05, 4.69) is 26.4 Å². The number of benzene rings is 2. The first-order valence-electron chi connectivity index (χ1n) is 10.1. The lowest BCUT2D eigenvalue weighted by molar-refractivity contribution is 0.0929. The third-order valence-corrected chi connectivity index (χ3v) is 5.34. The van der Waals surface area contributed by atoms with Crippen molar-refractivity contribution in [2.24, 2.45) is 0 Å². The predicted octanol–water partition coefficient (Wildman–Crippen LogP) is 3.65. The zero-order chi connectivity index (χ0) is 21.6. The molecule has 2 aromatic carbocycles. The Morgan fingerprint density at radius 2 is 1.87 bits per heavy atom. The molecule has 31 heavy (non-hydrogen) atoms. The summed E-state index contributed by atoms with van der Waals surface area (Å²) in [7, 11) is 0. The molecule has 0 unspecified atom stereocenters. The van der Waals surface area contributed by atoms with Gasteiger partial charge in [-0.1, -0.05) is 29.8 Å². The Morgan fingerprint density at radius 1 is 1.06 bits per heavy atom. The summed E-state index contributed by atoms with van der Waals surface area (Å²) in [6, 6.07) is 14.0. The van der Waals surface area contributed by atoms with Crippen molar-refractivity contribution < 1.29 is 9.59 Å². The Balaban J connectivity index is 1.40. The van der Waals surface area contributed by atoms with Gasteiger partial charge in [-0.05, 0) is 56.3 Å². The van der Waals surface area contributed by atoms with Gasteiger partial charge >= 0.3 is 6.03 Å². The van der Waals surface area contributed by atoms with Crippen LogP contribution < -0.4 is 21.3 Å². The molecule has 0 saturated carbocycles. The summed E-state index contributed by atoms with van der Waals surface area (Å²) in [5, 5.41) is 16.5. The number of nitrogens with one attached hydrogen (secondary N) is 4. The van der Waals surface area contributed by atoms with Gasteiger partial charge in [0.2, 0.25) is 0 Å². The van der Waals surface area contributed by atoms with E-state index >= 15 is 0 Å². The fourth-order valence-electron chi connectivity index (χ4n) is 3.40. The van der Waals surface area contributed by atoms with Gasteiger partial charge in [-0.3, -0.25) is 4.79 Å². The number of urea groups is 1. The molecule has 1 aliphatic heterocycles. The van der Waals surface area contributed by atoms with E-state index in [9.17, 15) is 9.59 Å². The molecule has 4 N–H and O–H groups in total. The quantitative estimate of drug-likeness (QED) is 0.488. The first-order chi connectivity index (χ1) is 15.1. The SMILES string of the molecule is O=C(Nc1cnn(-c2cccc(C(=O)NC3CCNCC3)c2)c1)Nc1ccccc1Cl. The van der Waals surface area contributed by atoms with E-state index in [0.29, 0.717) is 22.0 Å². The van der Waals surface area contributed by atoms with Gasteiger partial charge in [0.1, 0.15) is 0 Å². The molecule has 9 heteroatoms. The Morgan fingerprint density at radius 3 is 2.68 bits per heavy atom. The number of rotatable bonds is 5. The lowest BCUT2D eigenvalue weighted by atomic mass is 10.1. The Hall–Kier alpha value is -3.36. The summed E-state index contributed by atoms with van der Waals surface area (Å²) in [5.74, 6) is -0.0987. The van der Waals surface area contributed by atoms with Gasteiger partial charge in [-0.25, -0.2) is 9.48 Å². The molecule has 8 nitrogen and oxygen atoms in total.